The van der Waals surface area contributed by atoms with Gasteiger partial charge in [0.05, 0.1) is 12.1 Å². The van der Waals surface area contributed by atoms with E-state index in [0.717, 1.165) is 12.3 Å². The summed E-state index contributed by atoms with van der Waals surface area (Å²) < 4.78 is 5.14. The van der Waals surface area contributed by atoms with Gasteiger partial charge in [-0.2, -0.15) is 11.8 Å². The zero-order chi connectivity index (χ0) is 13.4. The second-order valence-electron chi connectivity index (χ2n) is 4.24. The standard InChI is InChI=1S/C14H22ClNOS/c1-4-18-8-7-11(2)16-10-12-5-6-14(17-3)13(15)9-12/h5-6,9,11,16H,4,7-8,10H2,1-3H3. The lowest BCUT2D eigenvalue weighted by Crippen LogP contribution is -2.26. The van der Waals surface area contributed by atoms with Gasteiger partial charge >= 0.3 is 0 Å². The average Bonchev–Trinajstić information content (AvgIpc) is 2.37. The van der Waals surface area contributed by atoms with Gasteiger partial charge in [-0.25, -0.2) is 0 Å². The molecule has 0 spiro atoms. The molecule has 0 bridgehead atoms. The fourth-order valence-corrected chi connectivity index (χ4v) is 2.71. The molecule has 0 aliphatic heterocycles. The van der Waals surface area contributed by atoms with Crippen molar-refractivity contribution in [3.05, 3.63) is 28.8 Å². The molecule has 1 rings (SSSR count). The van der Waals surface area contributed by atoms with E-state index in [0.29, 0.717) is 11.1 Å². The minimum Gasteiger partial charge on any atom is -0.495 e. The van der Waals surface area contributed by atoms with Gasteiger partial charge in [-0.3, -0.25) is 0 Å². The topological polar surface area (TPSA) is 21.3 Å². The minimum absolute atomic E-state index is 0.532. The summed E-state index contributed by atoms with van der Waals surface area (Å²) in [6, 6.07) is 6.45. The molecule has 0 aliphatic carbocycles. The quantitative estimate of drug-likeness (QED) is 0.731. The van der Waals surface area contributed by atoms with Gasteiger partial charge in [-0.1, -0.05) is 24.6 Å². The summed E-state index contributed by atoms with van der Waals surface area (Å²) >= 11 is 8.08. The first-order valence-electron chi connectivity index (χ1n) is 6.31. The molecule has 1 N–H and O–H groups in total. The predicted molar refractivity (Wildman–Crippen MR) is 81.9 cm³/mol. The molecule has 0 aliphatic rings. The van der Waals surface area contributed by atoms with Crippen LogP contribution in [0, 0.1) is 0 Å². The third-order valence-corrected chi connectivity index (χ3v) is 4.00. The van der Waals surface area contributed by atoms with Gasteiger partial charge < -0.3 is 10.1 Å². The Morgan fingerprint density at radius 1 is 1.44 bits per heavy atom. The Morgan fingerprint density at radius 2 is 2.22 bits per heavy atom. The molecule has 0 saturated heterocycles. The molecule has 1 atom stereocenters. The first-order valence-corrected chi connectivity index (χ1v) is 7.84. The number of methoxy groups -OCH3 is 1. The van der Waals surface area contributed by atoms with E-state index in [9.17, 15) is 0 Å². The number of hydrogen-bond acceptors (Lipinski definition) is 3. The number of benzene rings is 1. The normalized spacial score (nSPS) is 12.4. The number of thioether (sulfide) groups is 1. The van der Waals surface area contributed by atoms with Crippen LogP contribution in [0.5, 0.6) is 5.75 Å². The van der Waals surface area contributed by atoms with Crippen molar-refractivity contribution in [1.82, 2.24) is 5.32 Å². The molecule has 1 aromatic rings. The minimum atomic E-state index is 0.532. The molecule has 2 nitrogen and oxygen atoms in total. The summed E-state index contributed by atoms with van der Waals surface area (Å²) in [5, 5.41) is 4.18. The number of nitrogens with one attached hydrogen (secondary N) is 1. The van der Waals surface area contributed by atoms with E-state index >= 15 is 0 Å². The Morgan fingerprint density at radius 3 is 2.83 bits per heavy atom. The number of rotatable bonds is 8. The van der Waals surface area contributed by atoms with Crippen molar-refractivity contribution < 1.29 is 4.74 Å². The molecular formula is C14H22ClNOS. The second-order valence-corrected chi connectivity index (χ2v) is 6.04. The maximum atomic E-state index is 6.09. The Balaban J connectivity index is 2.36. The summed E-state index contributed by atoms with van der Waals surface area (Å²) in [5.74, 6) is 3.14. The molecule has 0 saturated carbocycles. The molecule has 1 unspecified atom stereocenters. The average molecular weight is 288 g/mol. The Labute approximate surface area is 119 Å². The van der Waals surface area contributed by atoms with E-state index in [1.807, 2.05) is 30.0 Å². The molecular weight excluding hydrogens is 266 g/mol. The highest BCUT2D eigenvalue weighted by Crippen LogP contribution is 2.24. The number of halogens is 1. The predicted octanol–water partition coefficient (Wildman–Crippen LogP) is 3.97. The van der Waals surface area contributed by atoms with Gasteiger partial charge in [-0.15, -0.1) is 0 Å². The lowest BCUT2D eigenvalue weighted by atomic mass is 10.2. The van der Waals surface area contributed by atoms with Crippen LogP contribution in [0.15, 0.2) is 18.2 Å². The number of hydrogen-bond donors (Lipinski definition) is 1. The van der Waals surface area contributed by atoms with Crippen LogP contribution in [0.2, 0.25) is 5.02 Å². The molecule has 0 heterocycles. The summed E-state index contributed by atoms with van der Waals surface area (Å²) in [6.07, 6.45) is 1.20. The van der Waals surface area contributed by atoms with Crippen LogP contribution in [0.3, 0.4) is 0 Å². The summed E-state index contributed by atoms with van der Waals surface area (Å²) in [5.41, 5.74) is 1.19. The van der Waals surface area contributed by atoms with Crippen LogP contribution < -0.4 is 10.1 Å². The fraction of sp³-hybridized carbons (Fsp3) is 0.571. The zero-order valence-corrected chi connectivity index (χ0v) is 12.9. The third-order valence-electron chi connectivity index (χ3n) is 2.77. The maximum absolute atomic E-state index is 6.09. The van der Waals surface area contributed by atoms with Crippen molar-refractivity contribution in [3.63, 3.8) is 0 Å². The van der Waals surface area contributed by atoms with E-state index in [4.69, 9.17) is 16.3 Å². The van der Waals surface area contributed by atoms with Gasteiger partial charge in [0.1, 0.15) is 5.75 Å². The van der Waals surface area contributed by atoms with E-state index < -0.39 is 0 Å². The van der Waals surface area contributed by atoms with Gasteiger partial charge in [0.25, 0.3) is 0 Å². The highest BCUT2D eigenvalue weighted by molar-refractivity contribution is 7.99. The molecule has 1 aromatic carbocycles. The molecule has 18 heavy (non-hydrogen) atoms. The largest absolute Gasteiger partial charge is 0.495 e. The van der Waals surface area contributed by atoms with Crippen LogP contribution in [0.4, 0.5) is 0 Å². The smallest absolute Gasteiger partial charge is 0.137 e. The maximum Gasteiger partial charge on any atom is 0.137 e. The summed E-state index contributed by atoms with van der Waals surface area (Å²) in [4.78, 5) is 0. The Kier molecular flexibility index (Phi) is 7.56. The lowest BCUT2D eigenvalue weighted by molar-refractivity contribution is 0.414. The highest BCUT2D eigenvalue weighted by atomic mass is 35.5. The lowest BCUT2D eigenvalue weighted by Gasteiger charge is -2.14. The molecule has 0 fully saturated rings. The van der Waals surface area contributed by atoms with E-state index in [1.165, 1.54) is 23.5 Å². The molecule has 0 aromatic heterocycles. The van der Waals surface area contributed by atoms with Crippen LogP contribution in [0.1, 0.15) is 25.8 Å². The van der Waals surface area contributed by atoms with E-state index in [1.54, 1.807) is 7.11 Å². The summed E-state index contributed by atoms with van der Waals surface area (Å²) in [7, 11) is 1.63. The van der Waals surface area contributed by atoms with Crippen molar-refractivity contribution in [2.75, 3.05) is 18.6 Å². The van der Waals surface area contributed by atoms with Gasteiger partial charge in [-0.05, 0) is 42.5 Å². The van der Waals surface area contributed by atoms with Crippen LogP contribution in [0.25, 0.3) is 0 Å². The van der Waals surface area contributed by atoms with Crippen molar-refractivity contribution in [1.29, 1.82) is 0 Å². The van der Waals surface area contributed by atoms with E-state index in [-0.39, 0.29) is 0 Å². The third kappa shape index (κ3) is 5.51. The summed E-state index contributed by atoms with van der Waals surface area (Å²) in [6.45, 7) is 5.27. The van der Waals surface area contributed by atoms with Gasteiger partial charge in [0.2, 0.25) is 0 Å². The molecule has 0 amide bonds. The van der Waals surface area contributed by atoms with Crippen LogP contribution >= 0.6 is 23.4 Å². The van der Waals surface area contributed by atoms with Crippen LogP contribution in [-0.2, 0) is 6.54 Å². The Hall–Kier alpha value is -0.380. The van der Waals surface area contributed by atoms with Crippen molar-refractivity contribution >= 4 is 23.4 Å². The van der Waals surface area contributed by atoms with Crippen molar-refractivity contribution in [3.8, 4) is 5.75 Å². The molecule has 102 valence electrons. The Bertz CT molecular complexity index is 360. The van der Waals surface area contributed by atoms with Crippen molar-refractivity contribution in [2.45, 2.75) is 32.9 Å². The highest BCUT2D eigenvalue weighted by Gasteiger charge is 2.04. The molecule has 4 heteroatoms. The molecule has 0 radical (unpaired) electrons. The van der Waals surface area contributed by atoms with Gasteiger partial charge in [0.15, 0.2) is 0 Å². The SMILES string of the molecule is CCSCCC(C)NCc1ccc(OC)c(Cl)c1. The van der Waals surface area contributed by atoms with E-state index in [2.05, 4.69) is 19.2 Å². The monoisotopic (exact) mass is 287 g/mol. The number of ether oxygens (including phenoxy) is 1. The second kappa shape index (κ2) is 8.68. The first kappa shape index (κ1) is 15.7. The zero-order valence-electron chi connectivity index (χ0n) is 11.3. The fourth-order valence-electron chi connectivity index (χ4n) is 1.62. The van der Waals surface area contributed by atoms with Crippen molar-refractivity contribution in [2.24, 2.45) is 0 Å². The van der Waals surface area contributed by atoms with Gasteiger partial charge in [0, 0.05) is 12.6 Å². The van der Waals surface area contributed by atoms with Crippen LogP contribution in [-0.4, -0.2) is 24.7 Å². The first-order chi connectivity index (χ1) is 8.67.